The van der Waals surface area contributed by atoms with E-state index in [0.717, 1.165) is 19.5 Å². The van der Waals surface area contributed by atoms with E-state index in [2.05, 4.69) is 17.3 Å². The van der Waals surface area contributed by atoms with Crippen molar-refractivity contribution in [2.45, 2.75) is 18.9 Å². The zero-order valence-corrected chi connectivity index (χ0v) is 10.5. The molecule has 2 rings (SSSR count). The van der Waals surface area contributed by atoms with Crippen LogP contribution in [0.5, 0.6) is 0 Å². The largest absolute Gasteiger partial charge is 0.478 e. The first-order valence-electron chi connectivity index (χ1n) is 6.15. The zero-order chi connectivity index (χ0) is 13.1. The molecular weight excluding hydrogens is 230 g/mol. The molecule has 1 fully saturated rings. The molecular formula is C13H19N3O2. The molecule has 1 aromatic carbocycles. The number of hydrogen-bond acceptors (Lipinski definition) is 4. The standard InChI is InChI=1S/C13H19N3O2/c1-16-6-2-3-10(16)8-15-12-5-4-9(14)7-11(12)13(17)18/h4-5,7,10,15H,2-3,6,8,14H2,1H3,(H,17,18). The average Bonchev–Trinajstić information content (AvgIpc) is 2.73. The molecule has 0 amide bonds. The second kappa shape index (κ2) is 5.27. The summed E-state index contributed by atoms with van der Waals surface area (Å²) in [6.07, 6.45) is 2.36. The number of likely N-dealkylation sites (tertiary alicyclic amines) is 1. The van der Waals surface area contributed by atoms with Crippen LogP contribution >= 0.6 is 0 Å². The van der Waals surface area contributed by atoms with E-state index in [-0.39, 0.29) is 5.56 Å². The van der Waals surface area contributed by atoms with Gasteiger partial charge in [-0.2, -0.15) is 0 Å². The smallest absolute Gasteiger partial charge is 0.337 e. The summed E-state index contributed by atoms with van der Waals surface area (Å²) in [4.78, 5) is 13.4. The lowest BCUT2D eigenvalue weighted by molar-refractivity contribution is 0.0698. The summed E-state index contributed by atoms with van der Waals surface area (Å²) in [7, 11) is 2.10. The lowest BCUT2D eigenvalue weighted by Gasteiger charge is -2.21. The summed E-state index contributed by atoms with van der Waals surface area (Å²) in [5.74, 6) is -0.954. The van der Waals surface area contributed by atoms with Crippen molar-refractivity contribution >= 4 is 17.3 Å². The number of rotatable bonds is 4. The molecule has 4 N–H and O–H groups in total. The van der Waals surface area contributed by atoms with Crippen LogP contribution in [0.15, 0.2) is 18.2 Å². The fourth-order valence-corrected chi connectivity index (χ4v) is 2.36. The first-order valence-corrected chi connectivity index (χ1v) is 6.15. The molecule has 5 nitrogen and oxygen atoms in total. The minimum absolute atomic E-state index is 0.232. The molecule has 1 atom stereocenters. The van der Waals surface area contributed by atoms with E-state index in [9.17, 15) is 4.79 Å². The Morgan fingerprint density at radius 3 is 3.00 bits per heavy atom. The van der Waals surface area contributed by atoms with Crippen LogP contribution in [-0.4, -0.2) is 42.2 Å². The molecule has 0 aliphatic carbocycles. The molecule has 0 aromatic heterocycles. The lowest BCUT2D eigenvalue weighted by atomic mass is 10.1. The number of nitrogens with two attached hydrogens (primary N) is 1. The summed E-state index contributed by atoms with van der Waals surface area (Å²) in [5.41, 5.74) is 6.94. The van der Waals surface area contributed by atoms with Crippen LogP contribution in [0, 0.1) is 0 Å². The zero-order valence-electron chi connectivity index (χ0n) is 10.5. The third-order valence-corrected chi connectivity index (χ3v) is 3.47. The SMILES string of the molecule is CN1CCCC1CNc1ccc(N)cc1C(=O)O. The van der Waals surface area contributed by atoms with Gasteiger partial charge in [0.25, 0.3) is 0 Å². The van der Waals surface area contributed by atoms with Gasteiger partial charge in [0.2, 0.25) is 0 Å². The Bertz CT molecular complexity index is 448. The highest BCUT2D eigenvalue weighted by molar-refractivity contribution is 5.95. The van der Waals surface area contributed by atoms with Crippen LogP contribution in [0.25, 0.3) is 0 Å². The number of aromatic carboxylic acids is 1. The molecule has 0 spiro atoms. The van der Waals surface area contributed by atoms with Gasteiger partial charge in [0.1, 0.15) is 0 Å². The molecule has 1 aromatic rings. The predicted molar refractivity (Wildman–Crippen MR) is 72.0 cm³/mol. The van der Waals surface area contributed by atoms with Crippen LogP contribution in [-0.2, 0) is 0 Å². The third-order valence-electron chi connectivity index (χ3n) is 3.47. The Kier molecular flexibility index (Phi) is 3.72. The number of carboxylic acid groups (broad SMARTS) is 1. The van der Waals surface area contributed by atoms with E-state index < -0.39 is 5.97 Å². The molecule has 1 saturated heterocycles. The number of likely N-dealkylation sites (N-methyl/N-ethyl adjacent to an activating group) is 1. The van der Waals surface area contributed by atoms with E-state index in [1.165, 1.54) is 12.5 Å². The number of carbonyl (C=O) groups is 1. The number of carboxylic acids is 1. The maximum Gasteiger partial charge on any atom is 0.337 e. The molecule has 1 heterocycles. The van der Waals surface area contributed by atoms with Crippen molar-refractivity contribution in [1.82, 2.24) is 4.90 Å². The van der Waals surface area contributed by atoms with Crippen molar-refractivity contribution < 1.29 is 9.90 Å². The Balaban J connectivity index is 2.06. The van der Waals surface area contributed by atoms with Gasteiger partial charge >= 0.3 is 5.97 Å². The maximum absolute atomic E-state index is 11.1. The van der Waals surface area contributed by atoms with Gasteiger partial charge in [-0.3, -0.25) is 0 Å². The van der Waals surface area contributed by atoms with Gasteiger partial charge in [0.05, 0.1) is 5.56 Å². The number of nitrogen functional groups attached to an aromatic ring is 1. The summed E-state index contributed by atoms with van der Waals surface area (Å²) < 4.78 is 0. The van der Waals surface area contributed by atoms with E-state index in [4.69, 9.17) is 10.8 Å². The second-order valence-electron chi connectivity index (χ2n) is 4.77. The highest BCUT2D eigenvalue weighted by Gasteiger charge is 2.21. The van der Waals surface area contributed by atoms with Gasteiger partial charge in [-0.25, -0.2) is 4.79 Å². The van der Waals surface area contributed by atoms with Gasteiger partial charge in [0, 0.05) is 24.0 Å². The van der Waals surface area contributed by atoms with Gasteiger partial charge < -0.3 is 21.1 Å². The van der Waals surface area contributed by atoms with Crippen molar-refractivity contribution in [2.24, 2.45) is 0 Å². The molecule has 1 unspecified atom stereocenters. The van der Waals surface area contributed by atoms with Crippen LogP contribution in [0.2, 0.25) is 0 Å². The predicted octanol–water partition coefficient (Wildman–Crippen LogP) is 1.47. The second-order valence-corrected chi connectivity index (χ2v) is 4.77. The molecule has 0 bridgehead atoms. The van der Waals surface area contributed by atoms with Crippen LogP contribution in [0.4, 0.5) is 11.4 Å². The summed E-state index contributed by atoms with van der Waals surface area (Å²) >= 11 is 0. The van der Waals surface area contributed by atoms with Crippen LogP contribution < -0.4 is 11.1 Å². The fourth-order valence-electron chi connectivity index (χ4n) is 2.36. The molecule has 98 valence electrons. The minimum Gasteiger partial charge on any atom is -0.478 e. The minimum atomic E-state index is -0.954. The average molecular weight is 249 g/mol. The van der Waals surface area contributed by atoms with E-state index >= 15 is 0 Å². The van der Waals surface area contributed by atoms with Crippen LogP contribution in [0.1, 0.15) is 23.2 Å². The van der Waals surface area contributed by atoms with Crippen molar-refractivity contribution in [2.75, 3.05) is 31.2 Å². The Morgan fingerprint density at radius 2 is 2.39 bits per heavy atom. The fraction of sp³-hybridized carbons (Fsp3) is 0.462. The van der Waals surface area contributed by atoms with E-state index in [0.29, 0.717) is 17.4 Å². The van der Waals surface area contributed by atoms with Gasteiger partial charge in [-0.05, 0) is 44.6 Å². The van der Waals surface area contributed by atoms with Crippen molar-refractivity contribution in [3.05, 3.63) is 23.8 Å². The molecule has 1 aliphatic heterocycles. The first-order chi connectivity index (χ1) is 8.58. The van der Waals surface area contributed by atoms with Gasteiger partial charge in [-0.1, -0.05) is 0 Å². The molecule has 0 radical (unpaired) electrons. The lowest BCUT2D eigenvalue weighted by Crippen LogP contribution is -2.31. The molecule has 18 heavy (non-hydrogen) atoms. The summed E-state index contributed by atoms with van der Waals surface area (Å²) in [5, 5.41) is 12.3. The Hall–Kier alpha value is -1.75. The highest BCUT2D eigenvalue weighted by Crippen LogP contribution is 2.21. The topological polar surface area (TPSA) is 78.6 Å². The molecule has 5 heteroatoms. The monoisotopic (exact) mass is 249 g/mol. The van der Waals surface area contributed by atoms with Crippen molar-refractivity contribution in [3.63, 3.8) is 0 Å². The number of nitrogens with one attached hydrogen (secondary N) is 1. The number of benzene rings is 1. The van der Waals surface area contributed by atoms with E-state index in [1.807, 2.05) is 0 Å². The first kappa shape index (κ1) is 12.7. The molecule has 1 aliphatic rings. The molecule has 0 saturated carbocycles. The normalized spacial score (nSPS) is 19.9. The van der Waals surface area contributed by atoms with Gasteiger partial charge in [0.15, 0.2) is 0 Å². The number of anilines is 2. The number of hydrogen-bond donors (Lipinski definition) is 3. The van der Waals surface area contributed by atoms with E-state index in [1.54, 1.807) is 12.1 Å². The Labute approximate surface area is 107 Å². The quantitative estimate of drug-likeness (QED) is 0.704. The summed E-state index contributed by atoms with van der Waals surface area (Å²) in [6.45, 7) is 1.88. The van der Waals surface area contributed by atoms with Crippen molar-refractivity contribution in [3.8, 4) is 0 Å². The Morgan fingerprint density at radius 1 is 1.61 bits per heavy atom. The number of nitrogens with zero attached hydrogens (tertiary/aromatic N) is 1. The van der Waals surface area contributed by atoms with Gasteiger partial charge in [-0.15, -0.1) is 0 Å². The van der Waals surface area contributed by atoms with Crippen molar-refractivity contribution in [1.29, 1.82) is 0 Å². The highest BCUT2D eigenvalue weighted by atomic mass is 16.4. The maximum atomic E-state index is 11.1. The van der Waals surface area contributed by atoms with Crippen LogP contribution in [0.3, 0.4) is 0 Å². The third kappa shape index (κ3) is 2.73. The summed E-state index contributed by atoms with van der Waals surface area (Å²) in [6, 6.07) is 5.41.